The third kappa shape index (κ3) is 2.58. The third-order valence-corrected chi connectivity index (χ3v) is 2.75. The lowest BCUT2D eigenvalue weighted by molar-refractivity contribution is -0.140. The van der Waals surface area contributed by atoms with Gasteiger partial charge in [-0.2, -0.15) is 0 Å². The number of benzene rings is 1. The topological polar surface area (TPSA) is 37.3 Å². The largest absolute Gasteiger partial charge is 0.481 e. The Hall–Kier alpha value is -0.970. The molecule has 88 valence electrons. The number of hydrogen-bond acceptors (Lipinski definition) is 1. The molecule has 1 atom stereocenters. The summed E-state index contributed by atoms with van der Waals surface area (Å²) in [5, 5.41) is 8.97. The minimum Gasteiger partial charge on any atom is -0.481 e. The van der Waals surface area contributed by atoms with Gasteiger partial charge in [-0.05, 0) is 18.1 Å². The second kappa shape index (κ2) is 4.91. The molecule has 0 heterocycles. The summed E-state index contributed by atoms with van der Waals surface area (Å²) in [7, 11) is 0. The maximum atomic E-state index is 13.5. The Morgan fingerprint density at radius 2 is 1.75 bits per heavy atom. The van der Waals surface area contributed by atoms with E-state index < -0.39 is 23.5 Å². The minimum atomic E-state index is -1.23. The Balaban J connectivity index is 3.35. The zero-order valence-corrected chi connectivity index (χ0v) is 10.4. The van der Waals surface area contributed by atoms with Crippen molar-refractivity contribution >= 4 is 21.9 Å². The van der Waals surface area contributed by atoms with Crippen LogP contribution in [0.15, 0.2) is 16.6 Å². The van der Waals surface area contributed by atoms with Gasteiger partial charge in [0.2, 0.25) is 0 Å². The fourth-order valence-corrected chi connectivity index (χ4v) is 1.99. The molecule has 2 nitrogen and oxygen atoms in total. The van der Waals surface area contributed by atoms with Crippen molar-refractivity contribution in [1.82, 2.24) is 0 Å². The van der Waals surface area contributed by atoms with Crippen molar-refractivity contribution in [3.05, 3.63) is 33.8 Å². The molecule has 0 amide bonds. The minimum absolute atomic E-state index is 0.249. The molecule has 16 heavy (non-hydrogen) atoms. The smallest absolute Gasteiger partial charge is 0.311 e. The van der Waals surface area contributed by atoms with Crippen LogP contribution in [0, 0.1) is 17.6 Å². The molecule has 1 aromatic carbocycles. The summed E-state index contributed by atoms with van der Waals surface area (Å²) >= 11 is 2.94. The van der Waals surface area contributed by atoms with Crippen LogP contribution >= 0.6 is 15.9 Å². The number of carboxylic acids is 1. The molecule has 1 unspecified atom stereocenters. The quantitative estimate of drug-likeness (QED) is 0.925. The Kier molecular flexibility index (Phi) is 4.02. The number of hydrogen-bond donors (Lipinski definition) is 1. The van der Waals surface area contributed by atoms with E-state index in [9.17, 15) is 13.6 Å². The van der Waals surface area contributed by atoms with Crippen LogP contribution in [0.2, 0.25) is 0 Å². The monoisotopic (exact) mass is 292 g/mol. The molecule has 0 aliphatic heterocycles. The second-order valence-electron chi connectivity index (χ2n) is 3.84. The van der Waals surface area contributed by atoms with Gasteiger partial charge in [0, 0.05) is 10.0 Å². The van der Waals surface area contributed by atoms with Crippen LogP contribution < -0.4 is 0 Å². The summed E-state index contributed by atoms with van der Waals surface area (Å²) in [5.74, 6) is -4.47. The van der Waals surface area contributed by atoms with E-state index in [4.69, 9.17) is 5.11 Å². The van der Waals surface area contributed by atoms with Crippen molar-refractivity contribution in [3.63, 3.8) is 0 Å². The number of carbonyl (C=O) groups is 1. The van der Waals surface area contributed by atoms with Crippen LogP contribution in [0.3, 0.4) is 0 Å². The molecule has 0 aliphatic carbocycles. The van der Waals surface area contributed by atoms with Gasteiger partial charge in [0.05, 0.1) is 5.92 Å². The Bertz CT molecular complexity index is 395. The van der Waals surface area contributed by atoms with E-state index in [2.05, 4.69) is 15.9 Å². The predicted octanol–water partition coefficient (Wildman–Crippen LogP) is 3.55. The van der Waals surface area contributed by atoms with Gasteiger partial charge >= 0.3 is 5.97 Å². The summed E-state index contributed by atoms with van der Waals surface area (Å²) in [4.78, 5) is 11.0. The first-order valence-electron chi connectivity index (χ1n) is 4.71. The Labute approximate surface area is 100 Å². The summed E-state index contributed by atoms with van der Waals surface area (Å²) in [5.41, 5.74) is -0.384. The zero-order valence-electron chi connectivity index (χ0n) is 8.80. The lowest BCUT2D eigenvalue weighted by Crippen LogP contribution is -2.20. The molecule has 0 radical (unpaired) electrons. The van der Waals surface area contributed by atoms with Gasteiger partial charge in [-0.3, -0.25) is 4.79 Å². The molecule has 0 bridgehead atoms. The van der Waals surface area contributed by atoms with Gasteiger partial charge < -0.3 is 5.11 Å². The number of halogens is 3. The highest BCUT2D eigenvalue weighted by molar-refractivity contribution is 9.10. The molecule has 0 saturated heterocycles. The molecule has 0 aromatic heterocycles. The van der Waals surface area contributed by atoms with Gasteiger partial charge in [0.1, 0.15) is 11.6 Å². The van der Waals surface area contributed by atoms with E-state index in [0.29, 0.717) is 0 Å². The van der Waals surface area contributed by atoms with Crippen molar-refractivity contribution in [2.45, 2.75) is 19.8 Å². The van der Waals surface area contributed by atoms with E-state index in [-0.39, 0.29) is 16.0 Å². The van der Waals surface area contributed by atoms with Crippen LogP contribution in [0.25, 0.3) is 0 Å². The lowest BCUT2D eigenvalue weighted by atomic mass is 9.88. The van der Waals surface area contributed by atoms with E-state index in [0.717, 1.165) is 12.1 Å². The summed E-state index contributed by atoms with van der Waals surface area (Å²) in [6.07, 6.45) is 0. The Morgan fingerprint density at radius 3 is 2.06 bits per heavy atom. The van der Waals surface area contributed by atoms with E-state index >= 15 is 0 Å². The molecule has 0 saturated carbocycles. The Morgan fingerprint density at radius 1 is 1.31 bits per heavy atom. The fraction of sp³-hybridized carbons (Fsp3) is 0.364. The third-order valence-electron chi connectivity index (χ3n) is 2.29. The normalized spacial score (nSPS) is 12.9. The molecular weight excluding hydrogens is 282 g/mol. The molecule has 0 spiro atoms. The first kappa shape index (κ1) is 13.1. The summed E-state index contributed by atoms with van der Waals surface area (Å²) in [6, 6.07) is 2.13. The molecule has 0 aliphatic rings. The van der Waals surface area contributed by atoms with Crippen LogP contribution in [-0.4, -0.2) is 11.1 Å². The second-order valence-corrected chi connectivity index (χ2v) is 4.76. The molecule has 1 N–H and O–H groups in total. The van der Waals surface area contributed by atoms with Gasteiger partial charge in [-0.1, -0.05) is 29.8 Å². The van der Waals surface area contributed by atoms with Gasteiger partial charge in [0.25, 0.3) is 0 Å². The summed E-state index contributed by atoms with van der Waals surface area (Å²) in [6.45, 7) is 3.22. The first-order chi connectivity index (χ1) is 7.34. The molecular formula is C11H11BrF2O2. The van der Waals surface area contributed by atoms with Gasteiger partial charge in [-0.25, -0.2) is 8.78 Å². The lowest BCUT2D eigenvalue weighted by Gasteiger charge is -2.18. The number of aliphatic carboxylic acids is 1. The SMILES string of the molecule is CC(C)C(C(=O)O)c1c(F)cc(Br)cc1F. The average Bonchev–Trinajstić information content (AvgIpc) is 2.09. The van der Waals surface area contributed by atoms with Crippen LogP contribution in [0.4, 0.5) is 8.78 Å². The highest BCUT2D eigenvalue weighted by Crippen LogP contribution is 2.31. The van der Waals surface area contributed by atoms with Crippen LogP contribution in [0.1, 0.15) is 25.3 Å². The highest BCUT2D eigenvalue weighted by Gasteiger charge is 2.29. The molecule has 5 heteroatoms. The molecule has 1 rings (SSSR count). The van der Waals surface area contributed by atoms with E-state index in [1.54, 1.807) is 13.8 Å². The molecule has 0 fully saturated rings. The molecule has 1 aromatic rings. The van der Waals surface area contributed by atoms with Crippen LogP contribution in [-0.2, 0) is 4.79 Å². The fourth-order valence-electron chi connectivity index (χ4n) is 1.59. The first-order valence-corrected chi connectivity index (χ1v) is 5.51. The van der Waals surface area contributed by atoms with Crippen LogP contribution in [0.5, 0.6) is 0 Å². The highest BCUT2D eigenvalue weighted by atomic mass is 79.9. The van der Waals surface area contributed by atoms with Crippen molar-refractivity contribution < 1.29 is 18.7 Å². The van der Waals surface area contributed by atoms with Crippen molar-refractivity contribution in [2.24, 2.45) is 5.92 Å². The number of carboxylic acid groups (broad SMARTS) is 1. The maximum absolute atomic E-state index is 13.5. The van der Waals surface area contributed by atoms with Gasteiger partial charge in [-0.15, -0.1) is 0 Å². The van der Waals surface area contributed by atoms with Crippen molar-refractivity contribution in [2.75, 3.05) is 0 Å². The average molecular weight is 293 g/mol. The maximum Gasteiger partial charge on any atom is 0.311 e. The zero-order chi connectivity index (χ0) is 12.5. The summed E-state index contributed by atoms with van der Waals surface area (Å²) < 4.78 is 27.3. The number of rotatable bonds is 3. The predicted molar refractivity (Wildman–Crippen MR) is 59.3 cm³/mol. The van der Waals surface area contributed by atoms with E-state index in [1.165, 1.54) is 0 Å². The standard InChI is InChI=1S/C11H11BrF2O2/c1-5(2)9(11(15)16)10-7(13)3-6(12)4-8(10)14/h3-5,9H,1-2H3,(H,15,16). The van der Waals surface area contributed by atoms with Gasteiger partial charge in [0.15, 0.2) is 0 Å². The van der Waals surface area contributed by atoms with Crippen molar-refractivity contribution in [3.8, 4) is 0 Å². The van der Waals surface area contributed by atoms with E-state index in [1.807, 2.05) is 0 Å². The van der Waals surface area contributed by atoms with Crippen molar-refractivity contribution in [1.29, 1.82) is 0 Å².